The quantitative estimate of drug-likeness (QED) is 0.649. The number of likely N-dealkylation sites (tertiary alicyclic amines) is 1. The molecule has 1 aromatic heterocycles. The van der Waals surface area contributed by atoms with E-state index in [1.165, 1.54) is 0 Å². The number of rotatable bonds is 1. The topological polar surface area (TPSA) is 48.8 Å². The molecule has 1 saturated heterocycles. The molecule has 1 fully saturated rings. The van der Waals surface area contributed by atoms with Crippen LogP contribution in [0.5, 0.6) is 0 Å². The van der Waals surface area contributed by atoms with Gasteiger partial charge in [0.25, 0.3) is 5.91 Å². The number of pyridine rings is 1. The summed E-state index contributed by atoms with van der Waals surface area (Å²) in [6.07, 6.45) is 14.9. The molecule has 1 amide bonds. The molecule has 31 heavy (non-hydrogen) atoms. The lowest BCUT2D eigenvalue weighted by atomic mass is 9.80. The van der Waals surface area contributed by atoms with E-state index >= 15 is 0 Å². The largest absolute Gasteiger partial charge is 0.337 e. The van der Waals surface area contributed by atoms with Crippen LogP contribution in [0, 0.1) is 12.5 Å². The van der Waals surface area contributed by atoms with Gasteiger partial charge in [-0.3, -0.25) is 14.7 Å². The van der Waals surface area contributed by atoms with Crippen LogP contribution in [-0.2, 0) is 0 Å². The number of nitrogens with zero attached hydrogens (tertiary/aromatic N) is 4. The highest BCUT2D eigenvalue weighted by Crippen LogP contribution is 2.42. The standard InChI is InChI=1S/C26H26N4O/c1-3-24-26(28-21-11-7-8-12-23(21)30(24)4-2)15-17-29(18-16-26)25(31)22-14-13-19-9-5-6-10-20(19)27-22/h2-3,5-6,9-10,12-14H,7-8,11,15-18H2,1H3. The Morgan fingerprint density at radius 1 is 1.19 bits per heavy atom. The molecule has 5 heteroatoms. The van der Waals surface area contributed by atoms with Crippen molar-refractivity contribution in [3.8, 4) is 12.5 Å². The van der Waals surface area contributed by atoms with Crippen LogP contribution in [0.4, 0.5) is 0 Å². The van der Waals surface area contributed by atoms with Crippen LogP contribution in [0.15, 0.2) is 64.9 Å². The average Bonchev–Trinajstić information content (AvgIpc) is 2.83. The van der Waals surface area contributed by atoms with Crippen LogP contribution >= 0.6 is 0 Å². The van der Waals surface area contributed by atoms with E-state index in [1.807, 2.05) is 53.1 Å². The van der Waals surface area contributed by atoms with Gasteiger partial charge in [-0.1, -0.05) is 42.8 Å². The molecule has 2 aliphatic heterocycles. The van der Waals surface area contributed by atoms with E-state index in [1.54, 1.807) is 0 Å². The first-order chi connectivity index (χ1) is 15.1. The molecule has 1 aliphatic carbocycles. The zero-order valence-corrected chi connectivity index (χ0v) is 17.8. The summed E-state index contributed by atoms with van der Waals surface area (Å²) in [6.45, 7) is 3.31. The Morgan fingerprint density at radius 2 is 2.00 bits per heavy atom. The highest BCUT2D eigenvalue weighted by Gasteiger charge is 2.45. The molecule has 0 saturated carbocycles. The lowest BCUT2D eigenvalue weighted by Crippen LogP contribution is -2.52. The molecule has 2 aromatic rings. The molecule has 5 nitrogen and oxygen atoms in total. The highest BCUT2D eigenvalue weighted by atomic mass is 16.2. The minimum Gasteiger partial charge on any atom is -0.337 e. The minimum absolute atomic E-state index is 0.0156. The summed E-state index contributed by atoms with van der Waals surface area (Å²) in [5, 5.41) is 1.04. The van der Waals surface area contributed by atoms with Crippen molar-refractivity contribution in [2.45, 2.75) is 44.6 Å². The smallest absolute Gasteiger partial charge is 0.272 e. The predicted molar refractivity (Wildman–Crippen MR) is 123 cm³/mol. The number of piperidine rings is 1. The fourth-order valence-electron chi connectivity index (χ4n) is 5.07. The van der Waals surface area contributed by atoms with Gasteiger partial charge in [-0.2, -0.15) is 0 Å². The van der Waals surface area contributed by atoms with Gasteiger partial charge >= 0.3 is 0 Å². The van der Waals surface area contributed by atoms with E-state index in [0.29, 0.717) is 18.8 Å². The lowest BCUT2D eigenvalue weighted by Gasteiger charge is -2.47. The van der Waals surface area contributed by atoms with Crippen molar-refractivity contribution >= 4 is 22.5 Å². The maximum Gasteiger partial charge on any atom is 0.272 e. The first-order valence-corrected chi connectivity index (χ1v) is 11.0. The van der Waals surface area contributed by atoms with Crippen molar-refractivity contribution in [3.63, 3.8) is 0 Å². The number of carbonyl (C=O) groups is 1. The Bertz CT molecular complexity index is 1180. The van der Waals surface area contributed by atoms with E-state index in [-0.39, 0.29) is 11.4 Å². The molecule has 0 unspecified atom stereocenters. The SMILES string of the molecule is C#CN1C2=CCCCC2=NC2(CCN(C(=O)c3ccc4ccccc4n3)CC2)C1=CC. The van der Waals surface area contributed by atoms with Gasteiger partial charge in [0.05, 0.1) is 22.6 Å². The lowest BCUT2D eigenvalue weighted by molar-refractivity contribution is 0.0673. The monoisotopic (exact) mass is 410 g/mol. The summed E-state index contributed by atoms with van der Waals surface area (Å²) in [5.41, 5.74) is 4.26. The Labute approximate surface area is 183 Å². The number of para-hydroxylation sites is 1. The number of terminal acetylenes is 1. The Morgan fingerprint density at radius 3 is 2.77 bits per heavy atom. The maximum absolute atomic E-state index is 13.2. The summed E-state index contributed by atoms with van der Waals surface area (Å²) < 4.78 is 0. The van der Waals surface area contributed by atoms with E-state index in [4.69, 9.17) is 11.4 Å². The van der Waals surface area contributed by atoms with E-state index in [9.17, 15) is 4.79 Å². The molecule has 0 atom stereocenters. The number of amides is 1. The zero-order chi connectivity index (χ0) is 21.4. The Hall–Kier alpha value is -3.39. The normalized spacial score (nSPS) is 21.5. The third kappa shape index (κ3) is 3.23. The van der Waals surface area contributed by atoms with Crippen LogP contribution < -0.4 is 0 Å². The molecule has 0 N–H and O–H groups in total. The predicted octanol–water partition coefficient (Wildman–Crippen LogP) is 4.53. The average molecular weight is 411 g/mol. The van der Waals surface area contributed by atoms with Crippen molar-refractivity contribution in [1.29, 1.82) is 0 Å². The molecular weight excluding hydrogens is 384 g/mol. The van der Waals surface area contributed by atoms with Crippen LogP contribution in [-0.4, -0.2) is 45.0 Å². The van der Waals surface area contributed by atoms with Crippen LogP contribution in [0.3, 0.4) is 0 Å². The number of aliphatic imine (C=N–C) groups is 1. The fourth-order valence-corrected chi connectivity index (χ4v) is 5.07. The van der Waals surface area contributed by atoms with Crippen LogP contribution in [0.1, 0.15) is 49.5 Å². The number of aromatic nitrogens is 1. The van der Waals surface area contributed by atoms with Gasteiger partial charge in [0.15, 0.2) is 0 Å². The number of carbonyl (C=O) groups excluding carboxylic acids is 1. The molecule has 1 spiro atoms. The van der Waals surface area contributed by atoms with E-state index < -0.39 is 0 Å². The summed E-state index contributed by atoms with van der Waals surface area (Å²) >= 11 is 0. The number of hydrogen-bond acceptors (Lipinski definition) is 4. The second kappa shape index (κ2) is 7.70. The molecule has 3 aliphatic rings. The summed E-state index contributed by atoms with van der Waals surface area (Å²) in [4.78, 5) is 26.9. The fraction of sp³-hybridized carbons (Fsp3) is 0.346. The molecule has 3 heterocycles. The van der Waals surface area contributed by atoms with Crippen molar-refractivity contribution < 1.29 is 4.79 Å². The van der Waals surface area contributed by atoms with Gasteiger partial charge in [-0.15, -0.1) is 0 Å². The number of fused-ring (bicyclic) bond motifs is 2. The third-order valence-electron chi connectivity index (χ3n) is 6.66. The van der Waals surface area contributed by atoms with Crippen molar-refractivity contribution in [2.24, 2.45) is 4.99 Å². The van der Waals surface area contributed by atoms with E-state index in [0.717, 1.165) is 60.1 Å². The first kappa shape index (κ1) is 19.6. The zero-order valence-electron chi connectivity index (χ0n) is 17.8. The maximum atomic E-state index is 13.2. The van der Waals surface area contributed by atoms with Gasteiger partial charge < -0.3 is 4.90 Å². The van der Waals surface area contributed by atoms with Gasteiger partial charge in [-0.05, 0) is 51.2 Å². The summed E-state index contributed by atoms with van der Waals surface area (Å²) in [6, 6.07) is 14.5. The summed E-state index contributed by atoms with van der Waals surface area (Å²) in [5.74, 6) is -0.0156. The van der Waals surface area contributed by atoms with Crippen molar-refractivity contribution in [3.05, 3.63) is 65.6 Å². The molecular formula is C26H26N4O. The first-order valence-electron chi connectivity index (χ1n) is 11.0. The second-order valence-electron chi connectivity index (χ2n) is 8.39. The third-order valence-corrected chi connectivity index (χ3v) is 6.66. The van der Waals surface area contributed by atoms with Gasteiger partial charge in [0, 0.05) is 24.5 Å². The number of allylic oxidation sites excluding steroid dienone is 3. The second-order valence-corrected chi connectivity index (χ2v) is 8.39. The van der Waals surface area contributed by atoms with Gasteiger partial charge in [0.2, 0.25) is 0 Å². The molecule has 0 bridgehead atoms. The number of hydrogen-bond donors (Lipinski definition) is 0. The van der Waals surface area contributed by atoms with Crippen LogP contribution in [0.25, 0.3) is 10.9 Å². The van der Waals surface area contributed by atoms with E-state index in [2.05, 4.69) is 23.2 Å². The molecule has 5 rings (SSSR count). The Balaban J connectivity index is 1.41. The number of benzene rings is 1. The molecule has 156 valence electrons. The molecule has 1 aromatic carbocycles. The molecule has 0 radical (unpaired) electrons. The minimum atomic E-state index is -0.348. The van der Waals surface area contributed by atoms with Gasteiger partial charge in [-0.25, -0.2) is 4.98 Å². The van der Waals surface area contributed by atoms with Gasteiger partial charge in [0.1, 0.15) is 11.2 Å². The Kier molecular flexibility index (Phi) is 4.86. The highest BCUT2D eigenvalue weighted by molar-refractivity contribution is 6.02. The van der Waals surface area contributed by atoms with Crippen molar-refractivity contribution in [2.75, 3.05) is 13.1 Å². The van der Waals surface area contributed by atoms with Crippen LogP contribution in [0.2, 0.25) is 0 Å². The summed E-state index contributed by atoms with van der Waals surface area (Å²) in [7, 11) is 0. The van der Waals surface area contributed by atoms with Crippen molar-refractivity contribution in [1.82, 2.24) is 14.8 Å².